The maximum Gasteiger partial charge on any atom is 0.342 e. The lowest BCUT2D eigenvalue weighted by Gasteiger charge is -2.36. The first-order valence-corrected chi connectivity index (χ1v) is 6.69. The van der Waals surface area contributed by atoms with E-state index in [0.29, 0.717) is 11.9 Å². The van der Waals surface area contributed by atoms with Gasteiger partial charge in [0.25, 0.3) is 0 Å². The summed E-state index contributed by atoms with van der Waals surface area (Å²) < 4.78 is 0. The Morgan fingerprint density at radius 2 is 2.35 bits per heavy atom. The van der Waals surface area contributed by atoms with Crippen LogP contribution in [0.4, 0.5) is 11.5 Å². The molecule has 7 nitrogen and oxygen atoms in total. The zero-order valence-corrected chi connectivity index (χ0v) is 11.3. The molecule has 0 saturated carbocycles. The standard InChI is InChI=1S/C13H17N3O4/c1-2-9-5-3-4-6-15(9)12-7-10(13(17)18)11(8-14-12)16(19)20/h7-9H,2-6H2,1H3,(H,17,18). The van der Waals surface area contributed by atoms with Gasteiger partial charge in [-0.2, -0.15) is 0 Å². The normalized spacial score (nSPS) is 18.9. The molecular formula is C13H17N3O4. The van der Waals surface area contributed by atoms with Gasteiger partial charge in [-0.3, -0.25) is 10.1 Å². The fourth-order valence-electron chi connectivity index (χ4n) is 2.64. The van der Waals surface area contributed by atoms with E-state index in [1.165, 1.54) is 6.07 Å². The number of aromatic carboxylic acids is 1. The third kappa shape index (κ3) is 2.71. The Bertz CT molecular complexity index is 532. The summed E-state index contributed by atoms with van der Waals surface area (Å²) >= 11 is 0. The second-order valence-corrected chi connectivity index (χ2v) is 4.87. The van der Waals surface area contributed by atoms with Crippen molar-refractivity contribution < 1.29 is 14.8 Å². The molecule has 1 aliphatic rings. The first-order chi connectivity index (χ1) is 9.54. The van der Waals surface area contributed by atoms with E-state index in [1.54, 1.807) is 0 Å². The number of rotatable bonds is 4. The Labute approximate surface area is 116 Å². The quantitative estimate of drug-likeness (QED) is 0.671. The van der Waals surface area contributed by atoms with Crippen molar-refractivity contribution >= 4 is 17.5 Å². The van der Waals surface area contributed by atoms with Crippen LogP contribution in [0.2, 0.25) is 0 Å². The summed E-state index contributed by atoms with van der Waals surface area (Å²) in [7, 11) is 0. The van der Waals surface area contributed by atoms with Crippen LogP contribution in [0, 0.1) is 10.1 Å². The van der Waals surface area contributed by atoms with Gasteiger partial charge in [-0.25, -0.2) is 9.78 Å². The number of carboxylic acids is 1. The molecule has 2 rings (SSSR count). The molecule has 7 heteroatoms. The molecule has 0 amide bonds. The highest BCUT2D eigenvalue weighted by Crippen LogP contribution is 2.28. The number of hydrogen-bond donors (Lipinski definition) is 1. The molecule has 1 N–H and O–H groups in total. The van der Waals surface area contributed by atoms with Gasteiger partial charge >= 0.3 is 11.7 Å². The zero-order chi connectivity index (χ0) is 14.7. The lowest BCUT2D eigenvalue weighted by Crippen LogP contribution is -2.39. The Hall–Kier alpha value is -2.18. The molecular weight excluding hydrogens is 262 g/mol. The lowest BCUT2D eigenvalue weighted by atomic mass is 10.00. The van der Waals surface area contributed by atoms with Crippen molar-refractivity contribution in [3.8, 4) is 0 Å². The molecule has 20 heavy (non-hydrogen) atoms. The van der Waals surface area contributed by atoms with Crippen LogP contribution < -0.4 is 4.90 Å². The van der Waals surface area contributed by atoms with E-state index in [2.05, 4.69) is 16.8 Å². The first-order valence-electron chi connectivity index (χ1n) is 6.69. The van der Waals surface area contributed by atoms with Gasteiger partial charge in [-0.1, -0.05) is 6.92 Å². The topological polar surface area (TPSA) is 96.6 Å². The second-order valence-electron chi connectivity index (χ2n) is 4.87. The fraction of sp³-hybridized carbons (Fsp3) is 0.538. The van der Waals surface area contributed by atoms with Crippen LogP contribution in [0.3, 0.4) is 0 Å². The first kappa shape index (κ1) is 14.2. The summed E-state index contributed by atoms with van der Waals surface area (Å²) in [5.74, 6) is -0.787. The Kier molecular flexibility index (Phi) is 4.16. The van der Waals surface area contributed by atoms with E-state index in [-0.39, 0.29) is 5.56 Å². The molecule has 1 aromatic heterocycles. The number of carbonyl (C=O) groups is 1. The summed E-state index contributed by atoms with van der Waals surface area (Å²) in [5, 5.41) is 19.9. The molecule has 1 aliphatic heterocycles. The van der Waals surface area contributed by atoms with Crippen LogP contribution in [0.15, 0.2) is 12.3 Å². The van der Waals surface area contributed by atoms with Crippen molar-refractivity contribution in [3.63, 3.8) is 0 Å². The van der Waals surface area contributed by atoms with Gasteiger partial charge in [-0.05, 0) is 25.7 Å². The predicted octanol–water partition coefficient (Wildman–Crippen LogP) is 2.46. The molecule has 108 valence electrons. The van der Waals surface area contributed by atoms with Gasteiger partial charge in [0, 0.05) is 18.7 Å². The molecule has 2 heterocycles. The van der Waals surface area contributed by atoms with Gasteiger partial charge in [0.2, 0.25) is 0 Å². The highest BCUT2D eigenvalue weighted by atomic mass is 16.6. The number of piperidine rings is 1. The number of nitrogens with zero attached hydrogens (tertiary/aromatic N) is 3. The van der Waals surface area contributed by atoms with E-state index in [1.807, 2.05) is 0 Å². The Morgan fingerprint density at radius 3 is 2.95 bits per heavy atom. The van der Waals surface area contributed by atoms with Crippen LogP contribution in [-0.2, 0) is 0 Å². The van der Waals surface area contributed by atoms with Crippen molar-refractivity contribution in [1.82, 2.24) is 4.98 Å². The SMILES string of the molecule is CCC1CCCCN1c1cc(C(=O)O)c([N+](=O)[O-])cn1. The molecule has 0 spiro atoms. The average molecular weight is 279 g/mol. The number of pyridine rings is 1. The molecule has 0 aromatic carbocycles. The molecule has 0 radical (unpaired) electrons. The van der Waals surface area contributed by atoms with Crippen LogP contribution >= 0.6 is 0 Å². The minimum absolute atomic E-state index is 0.305. The highest BCUT2D eigenvalue weighted by Gasteiger charge is 2.26. The molecule has 0 bridgehead atoms. The number of hydrogen-bond acceptors (Lipinski definition) is 5. The maximum absolute atomic E-state index is 11.2. The van der Waals surface area contributed by atoms with E-state index in [4.69, 9.17) is 5.11 Å². The summed E-state index contributed by atoms with van der Waals surface area (Å²) in [6.45, 7) is 2.88. The number of nitro groups is 1. The minimum atomic E-state index is -1.30. The van der Waals surface area contributed by atoms with Crippen molar-refractivity contribution in [3.05, 3.63) is 27.9 Å². The lowest BCUT2D eigenvalue weighted by molar-refractivity contribution is -0.385. The monoisotopic (exact) mass is 279 g/mol. The van der Waals surface area contributed by atoms with Crippen molar-refractivity contribution in [2.24, 2.45) is 0 Å². The van der Waals surface area contributed by atoms with Gasteiger partial charge < -0.3 is 10.0 Å². The summed E-state index contributed by atoms with van der Waals surface area (Å²) in [5.41, 5.74) is -0.772. The van der Waals surface area contributed by atoms with Crippen LogP contribution in [0.25, 0.3) is 0 Å². The van der Waals surface area contributed by atoms with Gasteiger partial charge in [0.05, 0.1) is 4.92 Å². The van der Waals surface area contributed by atoms with Gasteiger partial charge in [-0.15, -0.1) is 0 Å². The second kappa shape index (κ2) is 5.85. The van der Waals surface area contributed by atoms with Crippen molar-refractivity contribution in [2.45, 2.75) is 38.6 Å². The predicted molar refractivity (Wildman–Crippen MR) is 73.1 cm³/mol. The Balaban J connectivity index is 2.39. The van der Waals surface area contributed by atoms with E-state index in [9.17, 15) is 14.9 Å². The van der Waals surface area contributed by atoms with E-state index < -0.39 is 16.6 Å². The van der Waals surface area contributed by atoms with Crippen molar-refractivity contribution in [1.29, 1.82) is 0 Å². The summed E-state index contributed by atoms with van der Waals surface area (Å²) in [4.78, 5) is 27.4. The molecule has 1 aromatic rings. The molecule has 0 aliphatic carbocycles. The number of aromatic nitrogens is 1. The van der Waals surface area contributed by atoms with E-state index >= 15 is 0 Å². The summed E-state index contributed by atoms with van der Waals surface area (Å²) in [6, 6.07) is 1.63. The number of carboxylic acid groups (broad SMARTS) is 1. The minimum Gasteiger partial charge on any atom is -0.477 e. The fourth-order valence-corrected chi connectivity index (χ4v) is 2.64. The zero-order valence-electron chi connectivity index (χ0n) is 11.3. The maximum atomic E-state index is 11.2. The molecule has 1 fully saturated rings. The van der Waals surface area contributed by atoms with Crippen LogP contribution in [-0.4, -0.2) is 33.6 Å². The van der Waals surface area contributed by atoms with Gasteiger partial charge in [0.15, 0.2) is 0 Å². The smallest absolute Gasteiger partial charge is 0.342 e. The van der Waals surface area contributed by atoms with E-state index in [0.717, 1.165) is 38.4 Å². The summed E-state index contributed by atoms with van der Waals surface area (Å²) in [6.07, 6.45) is 5.20. The third-order valence-electron chi connectivity index (χ3n) is 3.69. The van der Waals surface area contributed by atoms with Gasteiger partial charge in [0.1, 0.15) is 17.6 Å². The molecule has 1 unspecified atom stereocenters. The molecule has 1 saturated heterocycles. The highest BCUT2D eigenvalue weighted by molar-refractivity contribution is 5.93. The largest absolute Gasteiger partial charge is 0.477 e. The Morgan fingerprint density at radius 1 is 1.60 bits per heavy atom. The van der Waals surface area contributed by atoms with Crippen LogP contribution in [0.1, 0.15) is 43.0 Å². The third-order valence-corrected chi connectivity index (χ3v) is 3.69. The number of anilines is 1. The molecule has 1 atom stereocenters. The van der Waals surface area contributed by atoms with Crippen molar-refractivity contribution in [2.75, 3.05) is 11.4 Å². The van der Waals surface area contributed by atoms with Crippen LogP contribution in [0.5, 0.6) is 0 Å². The average Bonchev–Trinajstić information content (AvgIpc) is 2.46.